The summed E-state index contributed by atoms with van der Waals surface area (Å²) in [6.45, 7) is 0. The van der Waals surface area contributed by atoms with Crippen LogP contribution in [-0.2, 0) is 11.2 Å². The number of allylic oxidation sites excluding steroid dienone is 1. The van der Waals surface area contributed by atoms with Crippen LogP contribution >= 0.6 is 24.0 Å². The number of rotatable bonds is 6. The Bertz CT molecular complexity index is 594. The summed E-state index contributed by atoms with van der Waals surface area (Å²) < 4.78 is 0. The van der Waals surface area contributed by atoms with Gasteiger partial charge in [-0.25, -0.2) is 4.79 Å². The van der Waals surface area contributed by atoms with Crippen molar-refractivity contribution in [2.75, 3.05) is 0 Å². The zero-order valence-corrected chi connectivity index (χ0v) is 14.8. The Morgan fingerprint density at radius 3 is 2.50 bits per heavy atom. The lowest BCUT2D eigenvalue weighted by Gasteiger charge is -2.36. The molecule has 0 saturated carbocycles. The van der Waals surface area contributed by atoms with E-state index in [0.29, 0.717) is 36.3 Å². The van der Waals surface area contributed by atoms with Crippen LogP contribution in [0.2, 0.25) is 11.3 Å². The van der Waals surface area contributed by atoms with Gasteiger partial charge >= 0.3 is 13.1 Å². The largest absolute Gasteiger partial charge is 0.480 e. The molecule has 1 aromatic rings. The molecule has 24 heavy (non-hydrogen) atoms. The molecule has 8 heteroatoms. The maximum Gasteiger partial charge on any atom is 0.451 e. The van der Waals surface area contributed by atoms with Crippen LogP contribution in [0, 0.1) is 5.92 Å². The standard InChI is InChI=1S/C16H21BClNO4.ClH/c18-14-5-2-11(3-6-14)9-13-4-1-12(7-8-17(22)23)10-16(13,19)15(20)21;/h2-6,12,22-23H,1,7-10,19H2,(H,20,21);1H. The van der Waals surface area contributed by atoms with Gasteiger partial charge in [0.2, 0.25) is 0 Å². The minimum absolute atomic E-state index is 0. The summed E-state index contributed by atoms with van der Waals surface area (Å²) in [6.07, 6.45) is 4.11. The molecule has 5 N–H and O–H groups in total. The molecule has 0 aromatic heterocycles. The van der Waals surface area contributed by atoms with E-state index in [4.69, 9.17) is 27.4 Å². The third-order valence-electron chi connectivity index (χ3n) is 4.40. The Kier molecular flexibility index (Phi) is 7.77. The molecule has 0 aliphatic heterocycles. The number of hydrogen-bond donors (Lipinski definition) is 4. The van der Waals surface area contributed by atoms with E-state index in [-0.39, 0.29) is 24.6 Å². The molecular formula is C16H22BCl2NO4. The van der Waals surface area contributed by atoms with Crippen molar-refractivity contribution in [2.24, 2.45) is 11.7 Å². The van der Waals surface area contributed by atoms with Crippen molar-refractivity contribution in [2.45, 2.75) is 37.5 Å². The zero-order valence-electron chi connectivity index (χ0n) is 13.2. The lowest BCUT2D eigenvalue weighted by atomic mass is 9.70. The molecule has 0 fully saturated rings. The van der Waals surface area contributed by atoms with Crippen molar-refractivity contribution in [3.8, 4) is 0 Å². The smallest absolute Gasteiger partial charge is 0.451 e. The van der Waals surface area contributed by atoms with E-state index in [1.165, 1.54) is 0 Å². The highest BCUT2D eigenvalue weighted by molar-refractivity contribution is 6.40. The monoisotopic (exact) mass is 373 g/mol. The van der Waals surface area contributed by atoms with Crippen molar-refractivity contribution < 1.29 is 19.9 Å². The van der Waals surface area contributed by atoms with Crippen molar-refractivity contribution in [3.63, 3.8) is 0 Å². The predicted octanol–water partition coefficient (Wildman–Crippen LogP) is 2.29. The molecule has 2 atom stereocenters. The van der Waals surface area contributed by atoms with Gasteiger partial charge in [-0.3, -0.25) is 0 Å². The molecule has 2 rings (SSSR count). The second-order valence-corrected chi connectivity index (χ2v) is 6.61. The minimum atomic E-state index is -1.41. The molecule has 0 bridgehead atoms. The van der Waals surface area contributed by atoms with Gasteiger partial charge in [0.25, 0.3) is 0 Å². The Balaban J connectivity index is 0.00000288. The number of hydrogen-bond acceptors (Lipinski definition) is 4. The summed E-state index contributed by atoms with van der Waals surface area (Å²) >= 11 is 5.87. The number of nitrogens with two attached hydrogens (primary N) is 1. The number of carboxylic acids is 1. The van der Waals surface area contributed by atoms with Gasteiger partial charge in [0.05, 0.1) is 0 Å². The second-order valence-electron chi connectivity index (χ2n) is 6.17. The molecule has 0 saturated heterocycles. The van der Waals surface area contributed by atoms with Crippen molar-refractivity contribution in [1.29, 1.82) is 0 Å². The van der Waals surface area contributed by atoms with Gasteiger partial charge in [-0.05, 0) is 54.8 Å². The molecule has 132 valence electrons. The first-order chi connectivity index (χ1) is 10.8. The summed E-state index contributed by atoms with van der Waals surface area (Å²) in [5, 5.41) is 28.2. The molecule has 0 radical (unpaired) electrons. The Labute approximate surface area is 153 Å². The molecule has 1 aliphatic carbocycles. The predicted molar refractivity (Wildman–Crippen MR) is 97.4 cm³/mol. The molecule has 0 heterocycles. The van der Waals surface area contributed by atoms with Crippen LogP contribution < -0.4 is 5.73 Å². The molecule has 1 aliphatic rings. The number of benzene rings is 1. The van der Waals surface area contributed by atoms with Crippen LogP contribution in [0.1, 0.15) is 24.8 Å². The molecule has 0 amide bonds. The van der Waals surface area contributed by atoms with Crippen LogP contribution in [0.15, 0.2) is 35.9 Å². The van der Waals surface area contributed by atoms with Crippen LogP contribution in [0.25, 0.3) is 0 Å². The Morgan fingerprint density at radius 1 is 1.33 bits per heavy atom. The number of carbonyl (C=O) groups is 1. The van der Waals surface area contributed by atoms with Crippen molar-refractivity contribution in [3.05, 3.63) is 46.5 Å². The van der Waals surface area contributed by atoms with Crippen LogP contribution in [0.5, 0.6) is 0 Å². The zero-order chi connectivity index (χ0) is 17.0. The summed E-state index contributed by atoms with van der Waals surface area (Å²) in [7, 11) is -1.37. The lowest BCUT2D eigenvalue weighted by molar-refractivity contribution is -0.142. The van der Waals surface area contributed by atoms with Gasteiger partial charge in [0.15, 0.2) is 0 Å². The van der Waals surface area contributed by atoms with Gasteiger partial charge in [-0.15, -0.1) is 12.4 Å². The highest BCUT2D eigenvalue weighted by Crippen LogP contribution is 2.35. The first kappa shape index (κ1) is 21.0. The van der Waals surface area contributed by atoms with Crippen molar-refractivity contribution in [1.82, 2.24) is 0 Å². The van der Waals surface area contributed by atoms with Crippen molar-refractivity contribution >= 4 is 37.1 Å². The summed E-state index contributed by atoms with van der Waals surface area (Å²) in [4.78, 5) is 11.7. The second kappa shape index (κ2) is 8.88. The van der Waals surface area contributed by atoms with E-state index in [1.807, 2.05) is 18.2 Å². The van der Waals surface area contributed by atoms with Crippen LogP contribution in [-0.4, -0.2) is 33.8 Å². The van der Waals surface area contributed by atoms with E-state index >= 15 is 0 Å². The SMILES string of the molecule is Cl.NC1(C(=O)O)CC(CCB(O)O)CC=C1Cc1ccc(Cl)cc1. The average Bonchev–Trinajstić information content (AvgIpc) is 2.49. The Hall–Kier alpha value is -1.05. The number of carboxylic acid groups (broad SMARTS) is 1. The van der Waals surface area contributed by atoms with E-state index in [0.717, 1.165) is 5.56 Å². The fourth-order valence-corrected chi connectivity index (χ4v) is 3.17. The van der Waals surface area contributed by atoms with Gasteiger partial charge in [0.1, 0.15) is 5.54 Å². The first-order valence-corrected chi connectivity index (χ1v) is 8.01. The fourth-order valence-electron chi connectivity index (χ4n) is 3.04. The summed E-state index contributed by atoms with van der Waals surface area (Å²) in [5.74, 6) is -1.01. The molecule has 1 aromatic carbocycles. The van der Waals surface area contributed by atoms with E-state index in [9.17, 15) is 9.90 Å². The number of halogens is 2. The maximum absolute atomic E-state index is 11.7. The third-order valence-corrected chi connectivity index (χ3v) is 4.66. The number of aliphatic carboxylic acids is 1. The normalized spacial score (nSPS) is 23.2. The lowest BCUT2D eigenvalue weighted by Crippen LogP contribution is -2.53. The quantitative estimate of drug-likeness (QED) is 0.452. The molecule has 5 nitrogen and oxygen atoms in total. The van der Waals surface area contributed by atoms with E-state index < -0.39 is 18.6 Å². The topological polar surface area (TPSA) is 104 Å². The average molecular weight is 374 g/mol. The minimum Gasteiger partial charge on any atom is -0.480 e. The molecule has 2 unspecified atom stereocenters. The van der Waals surface area contributed by atoms with E-state index in [1.54, 1.807) is 12.1 Å². The maximum atomic E-state index is 11.7. The fraction of sp³-hybridized carbons (Fsp3) is 0.438. The first-order valence-electron chi connectivity index (χ1n) is 7.63. The van der Waals surface area contributed by atoms with Gasteiger partial charge in [-0.2, -0.15) is 0 Å². The summed E-state index contributed by atoms with van der Waals surface area (Å²) in [5.41, 5.74) is 6.44. The van der Waals surface area contributed by atoms with Crippen LogP contribution in [0.4, 0.5) is 0 Å². The summed E-state index contributed by atoms with van der Waals surface area (Å²) in [6, 6.07) is 7.26. The Morgan fingerprint density at radius 2 is 1.96 bits per heavy atom. The van der Waals surface area contributed by atoms with Gasteiger partial charge < -0.3 is 20.9 Å². The third kappa shape index (κ3) is 5.23. The highest BCUT2D eigenvalue weighted by Gasteiger charge is 2.42. The molecular weight excluding hydrogens is 352 g/mol. The van der Waals surface area contributed by atoms with Gasteiger partial charge in [0, 0.05) is 5.02 Å². The van der Waals surface area contributed by atoms with Crippen LogP contribution in [0.3, 0.4) is 0 Å². The van der Waals surface area contributed by atoms with Gasteiger partial charge in [-0.1, -0.05) is 36.2 Å². The molecule has 0 spiro atoms. The van der Waals surface area contributed by atoms with E-state index in [2.05, 4.69) is 0 Å². The highest BCUT2D eigenvalue weighted by atomic mass is 35.5.